The second kappa shape index (κ2) is 7.11. The number of alkyl halides is 3. The molecule has 1 aromatic heterocycles. The van der Waals surface area contributed by atoms with Crippen LogP contribution in [-0.2, 0) is 4.79 Å². The number of carbonyl (C=O) groups is 1. The van der Waals surface area contributed by atoms with Crippen LogP contribution in [0.15, 0.2) is 11.6 Å². The average molecular weight is 321 g/mol. The molecule has 2 heterocycles. The third kappa shape index (κ3) is 5.53. The van der Waals surface area contributed by atoms with Gasteiger partial charge in [-0.1, -0.05) is 0 Å². The van der Waals surface area contributed by atoms with Crippen LogP contribution in [0.2, 0.25) is 0 Å². The highest BCUT2D eigenvalue weighted by atomic mass is 32.1. The van der Waals surface area contributed by atoms with E-state index in [1.54, 1.807) is 17.5 Å². The predicted molar refractivity (Wildman–Crippen MR) is 75.3 cm³/mol. The number of halogens is 3. The lowest BCUT2D eigenvalue weighted by Gasteiger charge is -2.32. The summed E-state index contributed by atoms with van der Waals surface area (Å²) in [6.45, 7) is 2.15. The van der Waals surface area contributed by atoms with E-state index in [2.05, 4.69) is 15.2 Å². The normalized spacial score (nSPS) is 19.6. The smallest absolute Gasteiger partial charge is 0.356 e. The summed E-state index contributed by atoms with van der Waals surface area (Å²) in [5.74, 6) is -0.267. The summed E-state index contributed by atoms with van der Waals surface area (Å²) >= 11 is 1.57. The van der Waals surface area contributed by atoms with Gasteiger partial charge in [0.25, 0.3) is 0 Å². The number of nitrogens with one attached hydrogen (secondary N) is 1. The second-order valence-corrected chi connectivity index (χ2v) is 6.06. The van der Waals surface area contributed by atoms with Crippen LogP contribution in [0.3, 0.4) is 0 Å². The van der Waals surface area contributed by atoms with E-state index in [-0.39, 0.29) is 5.92 Å². The molecule has 0 spiro atoms. The first-order valence-electron chi connectivity index (χ1n) is 6.92. The van der Waals surface area contributed by atoms with Crippen LogP contribution < -0.4 is 10.2 Å². The van der Waals surface area contributed by atoms with Crippen molar-refractivity contribution in [2.75, 3.05) is 24.5 Å². The van der Waals surface area contributed by atoms with Gasteiger partial charge in [-0.15, -0.1) is 11.3 Å². The molecule has 1 N–H and O–H groups in total. The molecule has 0 bridgehead atoms. The predicted octanol–water partition coefficient (Wildman–Crippen LogP) is 2.82. The monoisotopic (exact) mass is 321 g/mol. The minimum atomic E-state index is -4.27. The Balaban J connectivity index is 1.72. The Bertz CT molecular complexity index is 450. The molecule has 0 saturated carbocycles. The maximum absolute atomic E-state index is 12.0. The van der Waals surface area contributed by atoms with Gasteiger partial charge in [0, 0.05) is 37.6 Å². The van der Waals surface area contributed by atoms with Crippen molar-refractivity contribution in [2.24, 2.45) is 5.92 Å². The molecule has 4 nitrogen and oxygen atoms in total. The number of hydrogen-bond donors (Lipinski definition) is 1. The van der Waals surface area contributed by atoms with E-state index in [9.17, 15) is 18.0 Å². The highest BCUT2D eigenvalue weighted by Gasteiger charge is 2.28. The highest BCUT2D eigenvalue weighted by molar-refractivity contribution is 7.13. The number of anilines is 1. The van der Waals surface area contributed by atoms with Gasteiger partial charge in [0.2, 0.25) is 5.91 Å². The van der Waals surface area contributed by atoms with Crippen molar-refractivity contribution >= 4 is 22.4 Å². The zero-order valence-electron chi connectivity index (χ0n) is 11.5. The number of piperidine rings is 1. The van der Waals surface area contributed by atoms with Crippen molar-refractivity contribution in [2.45, 2.75) is 31.9 Å². The van der Waals surface area contributed by atoms with Gasteiger partial charge in [-0.2, -0.15) is 13.2 Å². The molecule has 118 valence electrons. The third-order valence-corrected chi connectivity index (χ3v) is 4.26. The summed E-state index contributed by atoms with van der Waals surface area (Å²) in [4.78, 5) is 17.8. The molecular formula is C13H18F3N3OS. The molecule has 0 aromatic carbocycles. The Morgan fingerprint density at radius 1 is 1.52 bits per heavy atom. The van der Waals surface area contributed by atoms with E-state index >= 15 is 0 Å². The van der Waals surface area contributed by atoms with Crippen LogP contribution in [0.5, 0.6) is 0 Å². The largest absolute Gasteiger partial charge is 0.389 e. The molecule has 1 fully saturated rings. The Hall–Kier alpha value is -1.31. The van der Waals surface area contributed by atoms with Crippen LogP contribution >= 0.6 is 11.3 Å². The fourth-order valence-corrected chi connectivity index (χ4v) is 3.06. The number of nitrogens with zero attached hydrogens (tertiary/aromatic N) is 2. The first kappa shape index (κ1) is 16.1. The van der Waals surface area contributed by atoms with Crippen LogP contribution in [0.1, 0.15) is 25.7 Å². The lowest BCUT2D eigenvalue weighted by molar-refractivity contribution is -0.144. The van der Waals surface area contributed by atoms with Gasteiger partial charge in [0.15, 0.2) is 5.13 Å². The van der Waals surface area contributed by atoms with Crippen molar-refractivity contribution in [1.29, 1.82) is 0 Å². The van der Waals surface area contributed by atoms with Crippen molar-refractivity contribution < 1.29 is 18.0 Å². The van der Waals surface area contributed by atoms with Gasteiger partial charge in [0.05, 0.1) is 6.42 Å². The van der Waals surface area contributed by atoms with Gasteiger partial charge in [-0.25, -0.2) is 4.98 Å². The number of aromatic nitrogens is 1. The molecule has 1 amide bonds. The van der Waals surface area contributed by atoms with E-state index in [0.29, 0.717) is 6.54 Å². The molecule has 8 heteroatoms. The minimum Gasteiger partial charge on any atom is -0.356 e. The Kier molecular flexibility index (Phi) is 5.44. The van der Waals surface area contributed by atoms with E-state index in [4.69, 9.17) is 0 Å². The summed E-state index contributed by atoms with van der Waals surface area (Å²) in [6, 6.07) is 0. The first-order valence-corrected chi connectivity index (χ1v) is 7.80. The fourth-order valence-electron chi connectivity index (χ4n) is 2.38. The van der Waals surface area contributed by atoms with Gasteiger partial charge in [-0.05, 0) is 18.8 Å². The van der Waals surface area contributed by atoms with E-state index in [0.717, 1.165) is 31.1 Å². The van der Waals surface area contributed by atoms with Crippen LogP contribution in [-0.4, -0.2) is 36.7 Å². The van der Waals surface area contributed by atoms with Gasteiger partial charge in [0.1, 0.15) is 0 Å². The number of amides is 1. The number of hydrogen-bond acceptors (Lipinski definition) is 4. The van der Waals surface area contributed by atoms with Crippen LogP contribution in [0, 0.1) is 5.92 Å². The summed E-state index contributed by atoms with van der Waals surface area (Å²) in [5, 5.41) is 5.48. The third-order valence-electron chi connectivity index (χ3n) is 3.43. The molecule has 0 aliphatic carbocycles. The molecule has 1 saturated heterocycles. The topological polar surface area (TPSA) is 45.2 Å². The molecule has 1 aliphatic heterocycles. The summed E-state index contributed by atoms with van der Waals surface area (Å²) in [5.41, 5.74) is 0. The fraction of sp³-hybridized carbons (Fsp3) is 0.692. The van der Waals surface area contributed by atoms with Gasteiger partial charge < -0.3 is 10.2 Å². The van der Waals surface area contributed by atoms with Crippen molar-refractivity contribution in [3.8, 4) is 0 Å². The lowest BCUT2D eigenvalue weighted by atomic mass is 9.98. The first-order chi connectivity index (χ1) is 9.94. The summed E-state index contributed by atoms with van der Waals surface area (Å²) in [6.07, 6.45) is -2.10. The van der Waals surface area contributed by atoms with Crippen molar-refractivity contribution in [1.82, 2.24) is 10.3 Å². The Morgan fingerprint density at radius 3 is 3.00 bits per heavy atom. The maximum atomic E-state index is 12.0. The quantitative estimate of drug-likeness (QED) is 0.907. The Labute approximate surface area is 125 Å². The number of rotatable bonds is 5. The molecule has 1 aromatic rings. The number of carbonyl (C=O) groups excluding carboxylic acids is 1. The van der Waals surface area contributed by atoms with E-state index in [1.807, 2.05) is 5.38 Å². The zero-order valence-corrected chi connectivity index (χ0v) is 12.3. The van der Waals surface area contributed by atoms with Crippen LogP contribution in [0.4, 0.5) is 18.3 Å². The standard InChI is InChI=1S/C13H18F3N3OS/c14-13(15,16)4-3-11(20)18-8-10-2-1-6-19(9-10)12-17-5-7-21-12/h5,7,10H,1-4,6,8-9H2,(H,18,20). The SMILES string of the molecule is O=C(CCC(F)(F)F)NCC1CCCN(c2nccs2)C1. The molecule has 0 radical (unpaired) electrons. The maximum Gasteiger partial charge on any atom is 0.389 e. The Morgan fingerprint density at radius 2 is 2.33 bits per heavy atom. The summed E-state index contributed by atoms with van der Waals surface area (Å²) in [7, 11) is 0. The number of thiazole rings is 1. The molecule has 21 heavy (non-hydrogen) atoms. The minimum absolute atomic E-state index is 0.262. The average Bonchev–Trinajstić information content (AvgIpc) is 2.96. The molecule has 1 unspecified atom stereocenters. The molecular weight excluding hydrogens is 303 g/mol. The second-order valence-electron chi connectivity index (χ2n) is 5.19. The van der Waals surface area contributed by atoms with Crippen molar-refractivity contribution in [3.05, 3.63) is 11.6 Å². The van der Waals surface area contributed by atoms with E-state index in [1.165, 1.54) is 0 Å². The highest BCUT2D eigenvalue weighted by Crippen LogP contribution is 2.24. The van der Waals surface area contributed by atoms with Gasteiger partial charge in [-0.3, -0.25) is 4.79 Å². The molecule has 1 atom stereocenters. The lowest BCUT2D eigenvalue weighted by Crippen LogP contribution is -2.41. The molecule has 1 aliphatic rings. The zero-order chi connectivity index (χ0) is 15.3. The molecule has 2 rings (SSSR count). The van der Waals surface area contributed by atoms with E-state index < -0.39 is 24.9 Å². The van der Waals surface area contributed by atoms with Crippen LogP contribution in [0.25, 0.3) is 0 Å². The van der Waals surface area contributed by atoms with Crippen molar-refractivity contribution in [3.63, 3.8) is 0 Å². The van der Waals surface area contributed by atoms with Gasteiger partial charge >= 0.3 is 6.18 Å². The summed E-state index contributed by atoms with van der Waals surface area (Å²) < 4.78 is 36.1.